The van der Waals surface area contributed by atoms with Crippen molar-refractivity contribution in [1.82, 2.24) is 15.3 Å². The van der Waals surface area contributed by atoms with Crippen LogP contribution in [0.4, 0.5) is 0 Å². The highest BCUT2D eigenvalue weighted by Gasteiger charge is 2.08. The van der Waals surface area contributed by atoms with Crippen molar-refractivity contribution < 1.29 is 4.79 Å². The molecule has 2 rings (SSSR count). The lowest BCUT2D eigenvalue weighted by Gasteiger charge is -2.02. The van der Waals surface area contributed by atoms with Gasteiger partial charge in [0.05, 0.1) is 12.1 Å². The van der Waals surface area contributed by atoms with Crippen molar-refractivity contribution in [3.05, 3.63) is 35.6 Å². The molecule has 4 nitrogen and oxygen atoms in total. The van der Waals surface area contributed by atoms with E-state index in [4.69, 9.17) is 0 Å². The van der Waals surface area contributed by atoms with E-state index >= 15 is 0 Å². The first-order valence-electron chi connectivity index (χ1n) is 6.91. The van der Waals surface area contributed by atoms with Gasteiger partial charge in [-0.1, -0.05) is 19.8 Å². The van der Waals surface area contributed by atoms with Gasteiger partial charge >= 0.3 is 0 Å². The number of hydrogen-bond acceptors (Lipinski definition) is 4. The van der Waals surface area contributed by atoms with Crippen molar-refractivity contribution in [2.24, 2.45) is 0 Å². The van der Waals surface area contributed by atoms with Crippen molar-refractivity contribution in [1.29, 1.82) is 0 Å². The number of carbonyl (C=O) groups excluding carboxylic acids is 1. The van der Waals surface area contributed by atoms with Crippen LogP contribution in [0.3, 0.4) is 0 Å². The molecule has 5 heteroatoms. The van der Waals surface area contributed by atoms with Gasteiger partial charge in [0.25, 0.3) is 0 Å². The second-order valence-corrected chi connectivity index (χ2v) is 5.48. The summed E-state index contributed by atoms with van der Waals surface area (Å²) in [4.78, 5) is 20.3. The summed E-state index contributed by atoms with van der Waals surface area (Å²) >= 11 is 1.55. The molecule has 1 amide bonds. The predicted molar refractivity (Wildman–Crippen MR) is 81.6 cm³/mol. The monoisotopic (exact) mass is 289 g/mol. The Bertz CT molecular complexity index is 539. The molecular formula is C15H19N3OS. The maximum Gasteiger partial charge on any atom is 0.226 e. The summed E-state index contributed by atoms with van der Waals surface area (Å²) in [5.74, 6) is 0.0455. The molecule has 1 N–H and O–H groups in total. The Morgan fingerprint density at radius 1 is 1.40 bits per heavy atom. The third kappa shape index (κ3) is 4.42. The smallest absolute Gasteiger partial charge is 0.226 e. The summed E-state index contributed by atoms with van der Waals surface area (Å²) in [6.07, 6.45) is 7.23. The number of thiazole rings is 1. The van der Waals surface area contributed by atoms with E-state index in [0.29, 0.717) is 6.42 Å². The molecule has 20 heavy (non-hydrogen) atoms. The molecule has 2 aromatic rings. The normalized spacial score (nSPS) is 10.4. The number of carbonyl (C=O) groups is 1. The zero-order valence-corrected chi connectivity index (χ0v) is 12.4. The molecule has 0 spiro atoms. The Morgan fingerprint density at radius 2 is 2.30 bits per heavy atom. The van der Waals surface area contributed by atoms with Crippen molar-refractivity contribution in [3.63, 3.8) is 0 Å². The van der Waals surface area contributed by atoms with E-state index in [0.717, 1.165) is 42.1 Å². The van der Waals surface area contributed by atoms with Gasteiger partial charge in [0.1, 0.15) is 5.01 Å². The van der Waals surface area contributed by atoms with Gasteiger partial charge in [-0.3, -0.25) is 9.78 Å². The van der Waals surface area contributed by atoms with Crippen molar-refractivity contribution in [2.45, 2.75) is 32.6 Å². The molecule has 0 fully saturated rings. The molecule has 0 atom stereocenters. The second kappa shape index (κ2) is 7.75. The van der Waals surface area contributed by atoms with E-state index in [9.17, 15) is 4.79 Å². The fourth-order valence-electron chi connectivity index (χ4n) is 1.84. The number of hydrogen-bond donors (Lipinski definition) is 1. The molecule has 0 radical (unpaired) electrons. The Labute approximate surface area is 123 Å². The third-order valence-electron chi connectivity index (χ3n) is 2.90. The van der Waals surface area contributed by atoms with Crippen LogP contribution in [-0.2, 0) is 11.2 Å². The molecule has 0 unspecified atom stereocenters. The average molecular weight is 289 g/mol. The maximum atomic E-state index is 11.8. The first kappa shape index (κ1) is 14.7. The maximum absolute atomic E-state index is 11.8. The lowest BCUT2D eigenvalue weighted by molar-refractivity contribution is -0.120. The third-order valence-corrected chi connectivity index (χ3v) is 3.84. The van der Waals surface area contributed by atoms with Gasteiger partial charge in [-0.05, 0) is 18.6 Å². The van der Waals surface area contributed by atoms with Crippen LogP contribution in [0.1, 0.15) is 31.9 Å². The van der Waals surface area contributed by atoms with Crippen LogP contribution in [-0.4, -0.2) is 22.4 Å². The van der Waals surface area contributed by atoms with Crippen LogP contribution in [0.15, 0.2) is 29.9 Å². The Hall–Kier alpha value is -1.75. The van der Waals surface area contributed by atoms with E-state index in [2.05, 4.69) is 22.2 Å². The summed E-state index contributed by atoms with van der Waals surface area (Å²) in [6, 6.07) is 3.86. The van der Waals surface area contributed by atoms with Gasteiger partial charge in [0, 0.05) is 29.9 Å². The SMILES string of the molecule is CCCCCNC(=O)Cc1csc(-c2cccnc2)n1. The van der Waals surface area contributed by atoms with Crippen molar-refractivity contribution in [2.75, 3.05) is 6.54 Å². The summed E-state index contributed by atoms with van der Waals surface area (Å²) in [7, 11) is 0. The van der Waals surface area contributed by atoms with Gasteiger partial charge in [-0.25, -0.2) is 4.98 Å². The largest absolute Gasteiger partial charge is 0.356 e. The molecule has 106 valence electrons. The standard InChI is InChI=1S/C15H19N3OS/c1-2-3-4-8-17-14(19)9-13-11-20-15(18-13)12-6-5-7-16-10-12/h5-7,10-11H,2-4,8-9H2,1H3,(H,17,19). The molecule has 0 aromatic carbocycles. The van der Waals surface area contributed by atoms with Crippen LogP contribution in [0.25, 0.3) is 10.6 Å². The molecular weight excluding hydrogens is 270 g/mol. The van der Waals surface area contributed by atoms with Crippen molar-refractivity contribution >= 4 is 17.2 Å². The molecule has 0 bridgehead atoms. The Morgan fingerprint density at radius 3 is 3.05 bits per heavy atom. The molecule has 2 aromatic heterocycles. The number of aromatic nitrogens is 2. The first-order chi connectivity index (χ1) is 9.79. The number of unbranched alkanes of at least 4 members (excludes halogenated alkanes) is 2. The highest BCUT2D eigenvalue weighted by atomic mass is 32.1. The minimum atomic E-state index is 0.0455. The van der Waals surface area contributed by atoms with Gasteiger partial charge in [0.2, 0.25) is 5.91 Å². The van der Waals surface area contributed by atoms with Gasteiger partial charge in [-0.15, -0.1) is 11.3 Å². The lowest BCUT2D eigenvalue weighted by Crippen LogP contribution is -2.26. The van der Waals surface area contributed by atoms with Crippen molar-refractivity contribution in [3.8, 4) is 10.6 Å². The highest BCUT2D eigenvalue weighted by molar-refractivity contribution is 7.13. The van der Waals surface area contributed by atoms with Crippen LogP contribution in [0, 0.1) is 0 Å². The molecule has 0 saturated heterocycles. The summed E-state index contributed by atoms with van der Waals surface area (Å²) in [5.41, 5.74) is 1.81. The number of nitrogens with one attached hydrogen (secondary N) is 1. The fraction of sp³-hybridized carbons (Fsp3) is 0.400. The molecule has 0 aliphatic carbocycles. The number of rotatable bonds is 7. The lowest BCUT2D eigenvalue weighted by atomic mass is 10.2. The van der Waals surface area contributed by atoms with E-state index in [-0.39, 0.29) is 5.91 Å². The summed E-state index contributed by atoms with van der Waals surface area (Å²) < 4.78 is 0. The van der Waals surface area contributed by atoms with Crippen LogP contribution in [0.2, 0.25) is 0 Å². The molecule has 0 saturated carbocycles. The van der Waals surface area contributed by atoms with E-state index < -0.39 is 0 Å². The molecule has 2 heterocycles. The molecule has 0 aliphatic rings. The zero-order valence-electron chi connectivity index (χ0n) is 11.6. The van der Waals surface area contributed by atoms with Gasteiger partial charge in [0.15, 0.2) is 0 Å². The topological polar surface area (TPSA) is 54.9 Å². The average Bonchev–Trinajstić information content (AvgIpc) is 2.93. The van der Waals surface area contributed by atoms with Crippen LogP contribution >= 0.6 is 11.3 Å². The number of pyridine rings is 1. The van der Waals surface area contributed by atoms with Gasteiger partial charge in [-0.2, -0.15) is 0 Å². The van der Waals surface area contributed by atoms with Crippen LogP contribution < -0.4 is 5.32 Å². The predicted octanol–water partition coefficient (Wildman–Crippen LogP) is 3.05. The van der Waals surface area contributed by atoms with E-state index in [1.165, 1.54) is 0 Å². The Kier molecular flexibility index (Phi) is 5.68. The fourth-order valence-corrected chi connectivity index (χ4v) is 2.65. The second-order valence-electron chi connectivity index (χ2n) is 4.62. The summed E-state index contributed by atoms with van der Waals surface area (Å²) in [6.45, 7) is 2.91. The number of nitrogens with zero attached hydrogens (tertiary/aromatic N) is 2. The highest BCUT2D eigenvalue weighted by Crippen LogP contribution is 2.22. The summed E-state index contributed by atoms with van der Waals surface area (Å²) in [5, 5.41) is 5.78. The molecule has 0 aliphatic heterocycles. The first-order valence-corrected chi connectivity index (χ1v) is 7.79. The minimum absolute atomic E-state index is 0.0455. The van der Waals surface area contributed by atoms with E-state index in [1.54, 1.807) is 23.7 Å². The van der Waals surface area contributed by atoms with Crippen LogP contribution in [0.5, 0.6) is 0 Å². The number of amides is 1. The zero-order chi connectivity index (χ0) is 14.2. The minimum Gasteiger partial charge on any atom is -0.356 e. The van der Waals surface area contributed by atoms with E-state index in [1.807, 2.05) is 17.5 Å². The Balaban J connectivity index is 1.85. The quantitative estimate of drug-likeness (QED) is 0.797. The van der Waals surface area contributed by atoms with Gasteiger partial charge < -0.3 is 5.32 Å².